The Labute approximate surface area is 85.1 Å². The van der Waals surface area contributed by atoms with E-state index in [4.69, 9.17) is 0 Å². The van der Waals surface area contributed by atoms with Crippen LogP contribution >= 0.6 is 11.5 Å². The standard InChI is InChI=1S/C8H10N4OS/c13-7(10-6-3-14-12-11-6)8-1-5(8)2-9-4-8/h3,5,9H,1-2,4H2,(H,10,13). The van der Waals surface area contributed by atoms with E-state index < -0.39 is 0 Å². The molecule has 3 rings (SSSR count). The number of carbonyl (C=O) groups is 1. The van der Waals surface area contributed by atoms with Crippen LogP contribution in [-0.4, -0.2) is 28.6 Å². The van der Waals surface area contributed by atoms with Crippen LogP contribution < -0.4 is 10.6 Å². The molecule has 0 spiro atoms. The van der Waals surface area contributed by atoms with Gasteiger partial charge in [0.05, 0.1) is 10.8 Å². The fourth-order valence-corrected chi connectivity index (χ4v) is 2.54. The van der Waals surface area contributed by atoms with Gasteiger partial charge < -0.3 is 10.6 Å². The van der Waals surface area contributed by atoms with Crippen molar-refractivity contribution in [3.05, 3.63) is 5.38 Å². The molecule has 2 heterocycles. The van der Waals surface area contributed by atoms with Gasteiger partial charge in [-0.2, -0.15) is 0 Å². The van der Waals surface area contributed by atoms with Crippen LogP contribution in [0.3, 0.4) is 0 Å². The first-order chi connectivity index (χ1) is 6.81. The Kier molecular flexibility index (Phi) is 1.63. The molecule has 1 aromatic rings. The molecule has 5 nitrogen and oxygen atoms in total. The van der Waals surface area contributed by atoms with E-state index in [1.807, 2.05) is 0 Å². The summed E-state index contributed by atoms with van der Waals surface area (Å²) in [5.74, 6) is 1.21. The van der Waals surface area contributed by atoms with Crippen LogP contribution in [-0.2, 0) is 4.79 Å². The number of fused-ring (bicyclic) bond motifs is 1. The number of amides is 1. The zero-order valence-corrected chi connectivity index (χ0v) is 8.30. The lowest BCUT2D eigenvalue weighted by atomic mass is 10.1. The number of piperidine rings is 1. The summed E-state index contributed by atoms with van der Waals surface area (Å²) in [4.78, 5) is 11.9. The van der Waals surface area contributed by atoms with Gasteiger partial charge in [0.25, 0.3) is 0 Å². The zero-order chi connectivity index (χ0) is 9.60. The maximum Gasteiger partial charge on any atom is 0.233 e. The number of aromatic nitrogens is 2. The molecule has 1 aromatic heterocycles. The number of rotatable bonds is 2. The number of anilines is 1. The van der Waals surface area contributed by atoms with Gasteiger partial charge in [0.2, 0.25) is 5.91 Å². The van der Waals surface area contributed by atoms with E-state index in [1.165, 1.54) is 11.5 Å². The largest absolute Gasteiger partial charge is 0.315 e. The Bertz CT molecular complexity index is 365. The van der Waals surface area contributed by atoms with E-state index in [1.54, 1.807) is 5.38 Å². The molecule has 2 unspecified atom stereocenters. The molecular weight excluding hydrogens is 200 g/mol. The van der Waals surface area contributed by atoms with Crippen LogP contribution in [0.2, 0.25) is 0 Å². The van der Waals surface area contributed by atoms with Crippen LogP contribution in [0.25, 0.3) is 0 Å². The van der Waals surface area contributed by atoms with E-state index in [-0.39, 0.29) is 11.3 Å². The molecule has 0 radical (unpaired) electrons. The first kappa shape index (κ1) is 8.31. The quantitative estimate of drug-likeness (QED) is 0.725. The highest BCUT2D eigenvalue weighted by atomic mass is 32.1. The molecule has 1 amide bonds. The van der Waals surface area contributed by atoms with Gasteiger partial charge in [-0.25, -0.2) is 0 Å². The molecule has 2 fully saturated rings. The third kappa shape index (κ3) is 1.07. The first-order valence-electron chi connectivity index (χ1n) is 4.60. The Hall–Kier alpha value is -1.01. The van der Waals surface area contributed by atoms with E-state index in [2.05, 4.69) is 20.2 Å². The van der Waals surface area contributed by atoms with Crippen molar-refractivity contribution >= 4 is 23.3 Å². The predicted octanol–water partition coefficient (Wildman–Crippen LogP) is 0.0861. The number of carbonyl (C=O) groups excluding carboxylic acids is 1. The molecular formula is C8H10N4OS. The highest BCUT2D eigenvalue weighted by Gasteiger charge is 2.62. The molecule has 6 heteroatoms. The second kappa shape index (κ2) is 2.74. The normalized spacial score (nSPS) is 33.9. The summed E-state index contributed by atoms with van der Waals surface area (Å²) in [7, 11) is 0. The summed E-state index contributed by atoms with van der Waals surface area (Å²) >= 11 is 1.25. The van der Waals surface area contributed by atoms with Crippen molar-refractivity contribution in [2.75, 3.05) is 18.4 Å². The molecule has 2 N–H and O–H groups in total. The van der Waals surface area contributed by atoms with Crippen LogP contribution in [0.5, 0.6) is 0 Å². The SMILES string of the molecule is O=C(Nc1csnn1)C12CNCC1C2. The predicted molar refractivity (Wildman–Crippen MR) is 51.9 cm³/mol. The fraction of sp³-hybridized carbons (Fsp3) is 0.625. The second-order valence-electron chi connectivity index (χ2n) is 3.93. The minimum atomic E-state index is -0.135. The van der Waals surface area contributed by atoms with Gasteiger partial charge in [-0.15, -0.1) is 5.10 Å². The molecule has 1 aliphatic carbocycles. The van der Waals surface area contributed by atoms with Crippen LogP contribution in [0, 0.1) is 11.3 Å². The highest BCUT2D eigenvalue weighted by Crippen LogP contribution is 2.55. The Balaban J connectivity index is 1.72. The topological polar surface area (TPSA) is 66.9 Å². The van der Waals surface area contributed by atoms with Crippen LogP contribution in [0.15, 0.2) is 5.38 Å². The number of hydrogen-bond donors (Lipinski definition) is 2. The van der Waals surface area contributed by atoms with Crippen molar-refractivity contribution in [1.82, 2.24) is 14.9 Å². The smallest absolute Gasteiger partial charge is 0.233 e. The molecule has 14 heavy (non-hydrogen) atoms. The Morgan fingerprint density at radius 1 is 1.79 bits per heavy atom. The fourth-order valence-electron chi connectivity index (χ4n) is 2.15. The summed E-state index contributed by atoms with van der Waals surface area (Å²) in [6, 6.07) is 0. The molecule has 1 saturated carbocycles. The van der Waals surface area contributed by atoms with Crippen LogP contribution in [0.4, 0.5) is 5.82 Å². The third-order valence-corrected chi connectivity index (χ3v) is 3.62. The summed E-state index contributed by atoms with van der Waals surface area (Å²) in [6.45, 7) is 1.78. The molecule has 2 aliphatic rings. The minimum Gasteiger partial charge on any atom is -0.315 e. The van der Waals surface area contributed by atoms with E-state index >= 15 is 0 Å². The second-order valence-corrected chi connectivity index (χ2v) is 4.54. The van der Waals surface area contributed by atoms with Gasteiger partial charge in [0.15, 0.2) is 5.82 Å². The molecule has 1 saturated heterocycles. The van der Waals surface area contributed by atoms with Crippen molar-refractivity contribution in [2.24, 2.45) is 11.3 Å². The van der Waals surface area contributed by atoms with E-state index in [0.29, 0.717) is 11.7 Å². The van der Waals surface area contributed by atoms with Crippen molar-refractivity contribution in [3.8, 4) is 0 Å². The minimum absolute atomic E-state index is 0.0974. The van der Waals surface area contributed by atoms with E-state index in [0.717, 1.165) is 19.5 Å². The van der Waals surface area contributed by atoms with Crippen molar-refractivity contribution in [1.29, 1.82) is 0 Å². The molecule has 0 bridgehead atoms. The monoisotopic (exact) mass is 210 g/mol. The van der Waals surface area contributed by atoms with Crippen molar-refractivity contribution in [2.45, 2.75) is 6.42 Å². The lowest BCUT2D eigenvalue weighted by molar-refractivity contribution is -0.120. The first-order valence-corrected chi connectivity index (χ1v) is 5.44. The highest BCUT2D eigenvalue weighted by molar-refractivity contribution is 7.03. The molecule has 74 valence electrons. The number of hydrogen-bond acceptors (Lipinski definition) is 5. The summed E-state index contributed by atoms with van der Waals surface area (Å²) in [5.41, 5.74) is -0.135. The number of nitrogens with one attached hydrogen (secondary N) is 2. The Morgan fingerprint density at radius 2 is 2.71 bits per heavy atom. The maximum atomic E-state index is 11.9. The average molecular weight is 210 g/mol. The summed E-state index contributed by atoms with van der Waals surface area (Å²) in [5, 5.41) is 11.6. The maximum absolute atomic E-state index is 11.9. The van der Waals surface area contributed by atoms with Gasteiger partial charge in [0.1, 0.15) is 0 Å². The molecule has 2 atom stereocenters. The van der Waals surface area contributed by atoms with Gasteiger partial charge >= 0.3 is 0 Å². The van der Waals surface area contributed by atoms with Gasteiger partial charge in [-0.3, -0.25) is 4.79 Å². The Morgan fingerprint density at radius 3 is 3.29 bits per heavy atom. The molecule has 1 aliphatic heterocycles. The van der Waals surface area contributed by atoms with Gasteiger partial charge in [0, 0.05) is 6.54 Å². The van der Waals surface area contributed by atoms with Crippen LogP contribution in [0.1, 0.15) is 6.42 Å². The summed E-state index contributed by atoms with van der Waals surface area (Å²) < 4.78 is 3.70. The number of nitrogens with zero attached hydrogens (tertiary/aromatic N) is 2. The average Bonchev–Trinajstić information content (AvgIpc) is 2.62. The lowest BCUT2D eigenvalue weighted by Crippen LogP contribution is -2.29. The molecule has 0 aromatic carbocycles. The third-order valence-electron chi connectivity index (χ3n) is 3.12. The van der Waals surface area contributed by atoms with Crippen molar-refractivity contribution in [3.63, 3.8) is 0 Å². The lowest BCUT2D eigenvalue weighted by Gasteiger charge is -2.09. The van der Waals surface area contributed by atoms with Gasteiger partial charge in [-0.1, -0.05) is 4.49 Å². The van der Waals surface area contributed by atoms with Gasteiger partial charge in [-0.05, 0) is 30.4 Å². The van der Waals surface area contributed by atoms with E-state index in [9.17, 15) is 4.79 Å². The summed E-state index contributed by atoms with van der Waals surface area (Å²) in [6.07, 6.45) is 1.02. The van der Waals surface area contributed by atoms with Crippen molar-refractivity contribution < 1.29 is 4.79 Å². The zero-order valence-electron chi connectivity index (χ0n) is 7.49.